The molecule has 0 aromatic heterocycles. The van der Waals surface area contributed by atoms with Crippen molar-refractivity contribution in [3.8, 4) is 6.07 Å². The maximum atomic E-state index is 11.5. The maximum Gasteiger partial charge on any atom is 0.310 e. The van der Waals surface area contributed by atoms with Crippen molar-refractivity contribution in [1.82, 2.24) is 0 Å². The number of benzene rings is 1. The smallest absolute Gasteiger partial charge is 0.310 e. The number of hydrogen-bond donors (Lipinski definition) is 1. The number of carbonyl (C=O) groups excluding carboxylic acids is 1. The van der Waals surface area contributed by atoms with E-state index in [1.165, 1.54) is 0 Å². The van der Waals surface area contributed by atoms with Gasteiger partial charge in [0, 0.05) is 4.90 Å². The average molecular weight is 249 g/mol. The van der Waals surface area contributed by atoms with E-state index in [0.717, 1.165) is 16.9 Å². The molecule has 0 amide bonds. The maximum absolute atomic E-state index is 11.5. The molecule has 0 aliphatic rings. The Kier molecular flexibility index (Phi) is 5.05. The van der Waals surface area contributed by atoms with Gasteiger partial charge < -0.3 is 4.74 Å². The second-order valence-corrected chi connectivity index (χ2v) is 3.99. The molecule has 0 atom stereocenters. The first-order valence-corrected chi connectivity index (χ1v) is 5.98. The molecule has 0 unspecified atom stereocenters. The summed E-state index contributed by atoms with van der Waals surface area (Å²) in [6, 6.07) is 5.68. The Balaban J connectivity index is 3.11. The van der Waals surface area contributed by atoms with E-state index in [2.05, 4.69) is 18.7 Å². The zero-order valence-electron chi connectivity index (χ0n) is 9.99. The van der Waals surface area contributed by atoms with Crippen molar-refractivity contribution in [3.05, 3.63) is 28.8 Å². The van der Waals surface area contributed by atoms with Gasteiger partial charge in [0.1, 0.15) is 0 Å². The third-order valence-corrected chi connectivity index (χ3v) is 3.05. The van der Waals surface area contributed by atoms with Gasteiger partial charge in [-0.05, 0) is 30.5 Å². The first-order chi connectivity index (χ1) is 8.13. The second-order valence-electron chi connectivity index (χ2n) is 3.55. The highest BCUT2D eigenvalue weighted by atomic mass is 32.1. The highest BCUT2D eigenvalue weighted by molar-refractivity contribution is 7.80. The summed E-state index contributed by atoms with van der Waals surface area (Å²) in [5.41, 5.74) is 2.18. The molecule has 90 valence electrons. The van der Waals surface area contributed by atoms with E-state index in [9.17, 15) is 4.79 Å². The first kappa shape index (κ1) is 13.6. The molecular formula is C13H15NO2S. The summed E-state index contributed by atoms with van der Waals surface area (Å²) in [5, 5.41) is 9.01. The molecule has 4 heteroatoms. The summed E-state index contributed by atoms with van der Waals surface area (Å²) in [6.07, 6.45) is 0.920. The lowest BCUT2D eigenvalue weighted by Crippen LogP contribution is -2.10. The average Bonchev–Trinajstić information content (AvgIpc) is 2.32. The molecule has 0 fully saturated rings. The fourth-order valence-electron chi connectivity index (χ4n) is 1.61. The van der Waals surface area contributed by atoms with Crippen molar-refractivity contribution in [2.24, 2.45) is 0 Å². The molecule has 0 aliphatic heterocycles. The lowest BCUT2D eigenvalue weighted by atomic mass is 10.0. The topological polar surface area (TPSA) is 50.1 Å². The van der Waals surface area contributed by atoms with E-state index >= 15 is 0 Å². The Bertz CT molecular complexity index is 463. The second kappa shape index (κ2) is 6.31. The van der Waals surface area contributed by atoms with Crippen LogP contribution in [0.15, 0.2) is 17.0 Å². The zero-order chi connectivity index (χ0) is 12.8. The van der Waals surface area contributed by atoms with Gasteiger partial charge in [0.05, 0.1) is 24.7 Å². The van der Waals surface area contributed by atoms with Crippen molar-refractivity contribution in [2.75, 3.05) is 6.61 Å². The number of nitriles is 1. The molecule has 17 heavy (non-hydrogen) atoms. The van der Waals surface area contributed by atoms with Crippen LogP contribution in [-0.2, 0) is 22.4 Å². The SMILES string of the molecule is CCOC(=O)Cc1c(C#N)ccc(CC)c1S. The number of ether oxygens (including phenoxy) is 1. The number of aryl methyl sites for hydroxylation is 1. The Morgan fingerprint density at radius 3 is 2.71 bits per heavy atom. The number of esters is 1. The van der Waals surface area contributed by atoms with Crippen molar-refractivity contribution in [2.45, 2.75) is 31.6 Å². The lowest BCUT2D eigenvalue weighted by Gasteiger charge is -2.10. The summed E-state index contributed by atoms with van der Waals surface area (Å²) in [6.45, 7) is 4.11. The molecule has 0 saturated heterocycles. The number of thiol groups is 1. The predicted octanol–water partition coefficient (Wildman–Crippen LogP) is 2.51. The third kappa shape index (κ3) is 3.24. The quantitative estimate of drug-likeness (QED) is 0.659. The van der Waals surface area contributed by atoms with Crippen LogP contribution in [0.5, 0.6) is 0 Å². The van der Waals surface area contributed by atoms with Crippen molar-refractivity contribution in [1.29, 1.82) is 5.26 Å². The van der Waals surface area contributed by atoms with Gasteiger partial charge in [-0.25, -0.2) is 0 Å². The summed E-state index contributed by atoms with van der Waals surface area (Å²) < 4.78 is 4.89. The molecule has 1 aromatic carbocycles. The van der Waals surface area contributed by atoms with Gasteiger partial charge in [0.25, 0.3) is 0 Å². The van der Waals surface area contributed by atoms with Gasteiger partial charge in [-0.2, -0.15) is 5.26 Å². The van der Waals surface area contributed by atoms with E-state index in [-0.39, 0.29) is 12.4 Å². The minimum absolute atomic E-state index is 0.101. The molecule has 0 bridgehead atoms. The first-order valence-electron chi connectivity index (χ1n) is 5.53. The van der Waals surface area contributed by atoms with Crippen LogP contribution in [0.4, 0.5) is 0 Å². The van der Waals surface area contributed by atoms with Crippen molar-refractivity contribution in [3.63, 3.8) is 0 Å². The van der Waals surface area contributed by atoms with Crippen molar-refractivity contribution >= 4 is 18.6 Å². The normalized spacial score (nSPS) is 9.76. The molecule has 0 heterocycles. The molecule has 3 nitrogen and oxygen atoms in total. The molecule has 0 N–H and O–H groups in total. The van der Waals surface area contributed by atoms with Gasteiger partial charge in [-0.1, -0.05) is 13.0 Å². The minimum atomic E-state index is -0.326. The summed E-state index contributed by atoms with van der Waals surface area (Å²) >= 11 is 4.40. The third-order valence-electron chi connectivity index (χ3n) is 2.49. The fourth-order valence-corrected chi connectivity index (χ4v) is 2.04. The van der Waals surface area contributed by atoms with E-state index < -0.39 is 0 Å². The van der Waals surface area contributed by atoms with E-state index in [1.54, 1.807) is 13.0 Å². The Labute approximate surface area is 107 Å². The van der Waals surface area contributed by atoms with Gasteiger partial charge in [-0.3, -0.25) is 4.79 Å². The van der Waals surface area contributed by atoms with Crippen LogP contribution in [0.1, 0.15) is 30.5 Å². The largest absolute Gasteiger partial charge is 0.466 e. The highest BCUT2D eigenvalue weighted by Crippen LogP contribution is 2.24. The zero-order valence-corrected chi connectivity index (χ0v) is 10.9. The van der Waals surface area contributed by atoms with Crippen LogP contribution in [0.3, 0.4) is 0 Å². The van der Waals surface area contributed by atoms with E-state index in [1.807, 2.05) is 13.0 Å². The monoisotopic (exact) mass is 249 g/mol. The fraction of sp³-hybridized carbons (Fsp3) is 0.385. The Hall–Kier alpha value is -1.47. The van der Waals surface area contributed by atoms with Crippen LogP contribution in [0, 0.1) is 11.3 Å². The van der Waals surface area contributed by atoms with Crippen LogP contribution in [-0.4, -0.2) is 12.6 Å². The molecule has 0 radical (unpaired) electrons. The Morgan fingerprint density at radius 2 is 2.18 bits per heavy atom. The number of nitrogens with zero attached hydrogens (tertiary/aromatic N) is 1. The molecule has 0 spiro atoms. The van der Waals surface area contributed by atoms with Gasteiger partial charge in [-0.15, -0.1) is 12.6 Å². The van der Waals surface area contributed by atoms with Crippen LogP contribution >= 0.6 is 12.6 Å². The highest BCUT2D eigenvalue weighted by Gasteiger charge is 2.14. The van der Waals surface area contributed by atoms with Crippen molar-refractivity contribution < 1.29 is 9.53 Å². The summed E-state index contributed by atoms with van der Waals surface area (Å²) in [7, 11) is 0. The number of carbonyl (C=O) groups is 1. The summed E-state index contributed by atoms with van der Waals surface area (Å²) in [5.74, 6) is -0.326. The summed E-state index contributed by atoms with van der Waals surface area (Å²) in [4.78, 5) is 12.2. The van der Waals surface area contributed by atoms with E-state index in [4.69, 9.17) is 10.00 Å². The van der Waals surface area contributed by atoms with Gasteiger partial charge >= 0.3 is 5.97 Å². The van der Waals surface area contributed by atoms with Crippen LogP contribution in [0.25, 0.3) is 0 Å². The van der Waals surface area contributed by atoms with Crippen LogP contribution < -0.4 is 0 Å². The molecular weight excluding hydrogens is 234 g/mol. The molecule has 0 aliphatic carbocycles. The van der Waals surface area contributed by atoms with Gasteiger partial charge in [0.2, 0.25) is 0 Å². The van der Waals surface area contributed by atoms with E-state index in [0.29, 0.717) is 17.7 Å². The molecule has 1 aromatic rings. The minimum Gasteiger partial charge on any atom is -0.466 e. The molecule has 0 saturated carbocycles. The standard InChI is InChI=1S/C13H15NO2S/c1-3-9-5-6-10(8-14)11(13(9)17)7-12(15)16-4-2/h5-6,17H,3-4,7H2,1-2H3. The Morgan fingerprint density at radius 1 is 1.47 bits per heavy atom. The van der Waals surface area contributed by atoms with Crippen LogP contribution in [0.2, 0.25) is 0 Å². The number of rotatable bonds is 4. The predicted molar refractivity (Wildman–Crippen MR) is 68.1 cm³/mol. The number of hydrogen-bond acceptors (Lipinski definition) is 4. The lowest BCUT2D eigenvalue weighted by molar-refractivity contribution is -0.142. The van der Waals surface area contributed by atoms with Gasteiger partial charge in [0.15, 0.2) is 0 Å². The molecule has 1 rings (SSSR count).